The molecule has 1 aliphatic rings. The summed E-state index contributed by atoms with van der Waals surface area (Å²) in [6, 6.07) is 2.05. The van der Waals surface area contributed by atoms with E-state index in [0.717, 1.165) is 19.0 Å². The molecule has 0 aliphatic heterocycles. The second-order valence-corrected chi connectivity index (χ2v) is 5.79. The Bertz CT molecular complexity index is 345. The predicted molar refractivity (Wildman–Crippen MR) is 67.6 cm³/mol. The quantitative estimate of drug-likeness (QED) is 0.732. The van der Waals surface area contributed by atoms with Gasteiger partial charge in [0.15, 0.2) is 0 Å². The van der Waals surface area contributed by atoms with Gasteiger partial charge in [-0.3, -0.25) is 3.97 Å². The first-order chi connectivity index (χ1) is 7.02. The van der Waals surface area contributed by atoms with Crippen LogP contribution < -0.4 is 0 Å². The molecule has 15 heavy (non-hydrogen) atoms. The van der Waals surface area contributed by atoms with Crippen LogP contribution in [0.3, 0.4) is 0 Å². The average Bonchev–Trinajstić information content (AvgIpc) is 2.57. The van der Waals surface area contributed by atoms with Crippen molar-refractivity contribution in [1.29, 1.82) is 0 Å². The van der Waals surface area contributed by atoms with Gasteiger partial charge in [-0.15, -0.1) is 0 Å². The molecule has 0 aromatic carbocycles. The van der Waals surface area contributed by atoms with E-state index in [4.69, 9.17) is 0 Å². The van der Waals surface area contributed by atoms with Crippen molar-refractivity contribution in [2.75, 3.05) is 0 Å². The summed E-state index contributed by atoms with van der Waals surface area (Å²) in [4.78, 5) is 0. The van der Waals surface area contributed by atoms with Gasteiger partial charge < -0.3 is 0 Å². The van der Waals surface area contributed by atoms with Gasteiger partial charge in [0.05, 0.1) is 0 Å². The van der Waals surface area contributed by atoms with Gasteiger partial charge in [0, 0.05) is 48.1 Å². The lowest BCUT2D eigenvalue weighted by Crippen LogP contribution is -2.30. The maximum Gasteiger partial charge on any atom is 0.248 e. The average molecular weight is 343 g/mol. The van der Waals surface area contributed by atoms with Crippen LogP contribution in [0, 0.1) is 5.92 Å². The van der Waals surface area contributed by atoms with Gasteiger partial charge in [-0.05, 0) is 37.8 Å². The number of alkyl halides is 2. The molecule has 2 rings (SSSR count). The Morgan fingerprint density at radius 2 is 2.33 bits per heavy atom. The zero-order chi connectivity index (χ0) is 11.1. The smallest absolute Gasteiger partial charge is 0.248 e. The monoisotopic (exact) mass is 343 g/mol. The fourth-order valence-electron chi connectivity index (χ4n) is 2.10. The first kappa shape index (κ1) is 11.7. The summed E-state index contributed by atoms with van der Waals surface area (Å²) in [6.07, 6.45) is 3.86. The highest BCUT2D eigenvalue weighted by atomic mass is 127. The third-order valence-electron chi connectivity index (χ3n) is 3.04. The van der Waals surface area contributed by atoms with Crippen LogP contribution in [-0.2, 0) is 12.8 Å². The molecule has 0 bridgehead atoms. The molecule has 1 atom stereocenters. The van der Waals surface area contributed by atoms with Crippen LogP contribution in [0.15, 0.2) is 12.3 Å². The standard InChI is InChI=1S/C10H12F2INS/c1-10(11,12)8-3-2-7-4-5-14(15-13)9(7)6-8/h4-5,8H,2-3,6H2,1H3. The molecule has 0 amide bonds. The van der Waals surface area contributed by atoms with Gasteiger partial charge in [-0.1, -0.05) is 0 Å². The Kier molecular flexibility index (Phi) is 3.30. The SMILES string of the molecule is CC(F)(F)C1CCc2ccn(SI)c2C1. The molecular weight excluding hydrogens is 331 g/mol. The molecule has 1 aromatic heterocycles. The number of nitrogens with zero attached hydrogens (tertiary/aromatic N) is 1. The van der Waals surface area contributed by atoms with Gasteiger partial charge in [-0.2, -0.15) is 0 Å². The highest BCUT2D eigenvalue weighted by Gasteiger charge is 2.37. The van der Waals surface area contributed by atoms with Crippen LogP contribution >= 0.6 is 30.3 Å². The summed E-state index contributed by atoms with van der Waals surface area (Å²) < 4.78 is 28.4. The van der Waals surface area contributed by atoms with E-state index in [9.17, 15) is 8.78 Å². The number of halogens is 3. The highest BCUT2D eigenvalue weighted by Crippen LogP contribution is 2.37. The predicted octanol–water partition coefficient (Wildman–Crippen LogP) is 4.09. The Hall–Kier alpha value is 0.220. The summed E-state index contributed by atoms with van der Waals surface area (Å²) in [5.74, 6) is -3.05. The summed E-state index contributed by atoms with van der Waals surface area (Å²) in [7, 11) is 1.54. The van der Waals surface area contributed by atoms with Crippen LogP contribution in [-0.4, -0.2) is 9.89 Å². The molecule has 1 aromatic rings. The van der Waals surface area contributed by atoms with Crippen molar-refractivity contribution >= 4 is 30.3 Å². The third-order valence-corrected chi connectivity index (χ3v) is 4.80. The fraction of sp³-hybridized carbons (Fsp3) is 0.600. The molecule has 0 saturated carbocycles. The van der Waals surface area contributed by atoms with E-state index in [2.05, 4.69) is 21.2 Å². The minimum absolute atomic E-state index is 0.498. The molecule has 0 radical (unpaired) electrons. The number of aryl methyl sites for hydroxylation is 1. The normalized spacial score (nSPS) is 21.5. The molecule has 0 saturated heterocycles. The van der Waals surface area contributed by atoms with Crippen LogP contribution in [0.2, 0.25) is 0 Å². The summed E-state index contributed by atoms with van der Waals surface area (Å²) >= 11 is 2.18. The molecule has 1 unspecified atom stereocenters. The van der Waals surface area contributed by atoms with Crippen LogP contribution in [0.5, 0.6) is 0 Å². The molecule has 0 spiro atoms. The number of aromatic nitrogens is 1. The second kappa shape index (κ2) is 4.24. The molecule has 5 heteroatoms. The zero-order valence-electron chi connectivity index (χ0n) is 8.34. The van der Waals surface area contributed by atoms with Crippen molar-refractivity contribution in [2.45, 2.75) is 32.1 Å². The van der Waals surface area contributed by atoms with E-state index < -0.39 is 11.8 Å². The van der Waals surface area contributed by atoms with E-state index in [1.807, 2.05) is 16.2 Å². The topological polar surface area (TPSA) is 4.93 Å². The summed E-state index contributed by atoms with van der Waals surface area (Å²) in [5.41, 5.74) is 2.31. The van der Waals surface area contributed by atoms with Crippen molar-refractivity contribution in [1.82, 2.24) is 3.97 Å². The summed E-state index contributed by atoms with van der Waals surface area (Å²) in [5, 5.41) is 0. The number of hydrogen-bond acceptors (Lipinski definition) is 1. The number of fused-ring (bicyclic) bond motifs is 1. The molecule has 84 valence electrons. The Morgan fingerprint density at radius 3 is 2.93 bits per heavy atom. The largest absolute Gasteiger partial charge is 0.287 e. The third kappa shape index (κ3) is 2.33. The lowest BCUT2D eigenvalue weighted by atomic mass is 9.84. The van der Waals surface area contributed by atoms with Gasteiger partial charge in [0.1, 0.15) is 0 Å². The molecule has 1 nitrogen and oxygen atoms in total. The van der Waals surface area contributed by atoms with Crippen molar-refractivity contribution in [2.24, 2.45) is 5.92 Å². The Balaban J connectivity index is 2.25. The minimum Gasteiger partial charge on any atom is -0.287 e. The van der Waals surface area contributed by atoms with Crippen molar-refractivity contribution in [3.63, 3.8) is 0 Å². The van der Waals surface area contributed by atoms with Gasteiger partial charge in [-0.25, -0.2) is 8.78 Å². The maximum atomic E-state index is 13.2. The molecule has 1 aliphatic carbocycles. The Labute approximate surface area is 104 Å². The lowest BCUT2D eigenvalue weighted by Gasteiger charge is -2.28. The van der Waals surface area contributed by atoms with Gasteiger partial charge in [0.2, 0.25) is 5.92 Å². The fourth-order valence-corrected chi connectivity index (χ4v) is 3.59. The van der Waals surface area contributed by atoms with Crippen molar-refractivity contribution in [3.8, 4) is 0 Å². The van der Waals surface area contributed by atoms with Crippen molar-refractivity contribution < 1.29 is 8.78 Å². The molecular formula is C10H12F2INS. The second-order valence-electron chi connectivity index (χ2n) is 4.08. The lowest BCUT2D eigenvalue weighted by molar-refractivity contribution is -0.0448. The van der Waals surface area contributed by atoms with Crippen molar-refractivity contribution in [3.05, 3.63) is 23.5 Å². The van der Waals surface area contributed by atoms with Crippen LogP contribution in [0.1, 0.15) is 24.6 Å². The van der Waals surface area contributed by atoms with Gasteiger partial charge >= 0.3 is 0 Å². The first-order valence-electron chi connectivity index (χ1n) is 4.88. The molecule has 0 fully saturated rings. The maximum absolute atomic E-state index is 13.2. The van der Waals surface area contributed by atoms with E-state index in [1.54, 1.807) is 9.12 Å². The Morgan fingerprint density at radius 1 is 1.60 bits per heavy atom. The first-order valence-corrected chi connectivity index (χ1v) is 8.20. The van der Waals surface area contributed by atoms with Crippen LogP contribution in [0.25, 0.3) is 0 Å². The highest BCUT2D eigenvalue weighted by molar-refractivity contribution is 14.2. The number of rotatable bonds is 2. The molecule has 1 heterocycles. The van der Waals surface area contributed by atoms with E-state index in [1.165, 1.54) is 5.56 Å². The van der Waals surface area contributed by atoms with Gasteiger partial charge in [0.25, 0.3) is 0 Å². The zero-order valence-corrected chi connectivity index (χ0v) is 11.3. The van der Waals surface area contributed by atoms with Crippen LogP contribution in [0.4, 0.5) is 8.78 Å². The number of hydrogen-bond donors (Lipinski definition) is 0. The van der Waals surface area contributed by atoms with E-state index in [0.29, 0.717) is 12.8 Å². The minimum atomic E-state index is -2.55. The molecule has 0 N–H and O–H groups in total. The van der Waals surface area contributed by atoms with E-state index >= 15 is 0 Å². The van der Waals surface area contributed by atoms with E-state index in [-0.39, 0.29) is 0 Å². The summed E-state index contributed by atoms with van der Waals surface area (Å²) in [6.45, 7) is 1.03.